The smallest absolute Gasteiger partial charge is 0.343 e. The molecule has 0 saturated carbocycles. The van der Waals surface area contributed by atoms with E-state index in [4.69, 9.17) is 9.72 Å². The molecule has 7 rings (SSSR count). The fourth-order valence-corrected chi connectivity index (χ4v) is 6.18. The molecule has 0 radical (unpaired) electrons. The Labute approximate surface area is 219 Å². The number of nitrogens with zero attached hydrogens (tertiary/aromatic N) is 2. The Balaban J connectivity index is 1.36. The van der Waals surface area contributed by atoms with Crippen LogP contribution in [0.2, 0.25) is 0 Å². The Kier molecular flexibility index (Phi) is 5.07. The number of aromatic nitrogens is 2. The lowest BCUT2D eigenvalue weighted by Crippen LogP contribution is -2.44. The number of pyridine rings is 2. The molecule has 0 fully saturated rings. The van der Waals surface area contributed by atoms with E-state index in [2.05, 4.69) is 29.6 Å². The van der Waals surface area contributed by atoms with Crippen LogP contribution >= 0.6 is 0 Å². The van der Waals surface area contributed by atoms with Gasteiger partial charge >= 0.3 is 5.97 Å². The summed E-state index contributed by atoms with van der Waals surface area (Å²) in [5.41, 5.74) is 6.65. The fraction of sp³-hybridized carbons (Fsp3) is 0.258. The molecule has 2 N–H and O–H groups in total. The summed E-state index contributed by atoms with van der Waals surface area (Å²) in [7, 11) is 0. The number of carbonyl (C=O) groups is 1. The zero-order chi connectivity index (χ0) is 26.0. The molecule has 5 heterocycles. The maximum atomic E-state index is 13.7. The summed E-state index contributed by atoms with van der Waals surface area (Å²) in [6, 6.07) is 18.3. The first-order chi connectivity index (χ1) is 18.5. The molecule has 0 aliphatic carbocycles. The van der Waals surface area contributed by atoms with E-state index in [9.17, 15) is 14.7 Å². The number of anilines is 1. The Hall–Kier alpha value is -4.23. The van der Waals surface area contributed by atoms with Crippen LogP contribution in [-0.2, 0) is 41.1 Å². The van der Waals surface area contributed by atoms with Crippen LogP contribution in [0, 0.1) is 0 Å². The number of cyclic esters (lactones) is 1. The van der Waals surface area contributed by atoms with Gasteiger partial charge in [-0.25, -0.2) is 4.79 Å². The zero-order valence-electron chi connectivity index (χ0n) is 21.1. The zero-order valence-corrected chi connectivity index (χ0v) is 21.1. The van der Waals surface area contributed by atoms with Crippen molar-refractivity contribution in [3.05, 3.63) is 105 Å². The van der Waals surface area contributed by atoms with E-state index in [-0.39, 0.29) is 18.6 Å². The second kappa shape index (κ2) is 8.39. The summed E-state index contributed by atoms with van der Waals surface area (Å²) in [4.78, 5) is 31.0. The molecule has 190 valence electrons. The summed E-state index contributed by atoms with van der Waals surface area (Å²) < 4.78 is 6.96. The monoisotopic (exact) mass is 505 g/mol. The third-order valence-corrected chi connectivity index (χ3v) is 8.21. The van der Waals surface area contributed by atoms with Gasteiger partial charge < -0.3 is 19.7 Å². The minimum absolute atomic E-state index is 0.125. The molecule has 7 nitrogen and oxygen atoms in total. The number of aryl methyl sites for hydroxylation is 2. The molecular weight excluding hydrogens is 478 g/mol. The second-order valence-electron chi connectivity index (χ2n) is 10.3. The van der Waals surface area contributed by atoms with Crippen molar-refractivity contribution in [3.63, 3.8) is 0 Å². The molecule has 0 amide bonds. The van der Waals surface area contributed by atoms with E-state index in [1.54, 1.807) is 17.6 Å². The quantitative estimate of drug-likeness (QED) is 0.387. The Morgan fingerprint density at radius 1 is 1.11 bits per heavy atom. The minimum Gasteiger partial charge on any atom is -0.458 e. The Morgan fingerprint density at radius 3 is 2.76 bits per heavy atom. The number of rotatable bonds is 5. The van der Waals surface area contributed by atoms with Crippen LogP contribution in [0.1, 0.15) is 53.3 Å². The fourth-order valence-electron chi connectivity index (χ4n) is 6.18. The van der Waals surface area contributed by atoms with Gasteiger partial charge in [-0.2, -0.15) is 0 Å². The van der Waals surface area contributed by atoms with E-state index in [1.807, 2.05) is 30.5 Å². The van der Waals surface area contributed by atoms with Crippen LogP contribution in [0.5, 0.6) is 0 Å². The van der Waals surface area contributed by atoms with Crippen LogP contribution in [0.4, 0.5) is 5.69 Å². The van der Waals surface area contributed by atoms with E-state index in [0.717, 1.165) is 58.2 Å². The number of aliphatic hydroxyl groups is 1. The molecule has 0 unspecified atom stereocenters. The van der Waals surface area contributed by atoms with Crippen molar-refractivity contribution in [1.82, 2.24) is 9.55 Å². The van der Waals surface area contributed by atoms with Gasteiger partial charge in [-0.3, -0.25) is 9.78 Å². The number of ether oxygens (including phenoxy) is 1. The maximum Gasteiger partial charge on any atom is 0.343 e. The van der Waals surface area contributed by atoms with Gasteiger partial charge in [0.25, 0.3) is 5.56 Å². The van der Waals surface area contributed by atoms with Crippen LogP contribution in [-0.4, -0.2) is 20.6 Å². The van der Waals surface area contributed by atoms with Gasteiger partial charge in [0.15, 0.2) is 5.60 Å². The van der Waals surface area contributed by atoms with E-state index < -0.39 is 11.6 Å². The van der Waals surface area contributed by atoms with Crippen molar-refractivity contribution < 1.29 is 14.6 Å². The predicted octanol–water partition coefficient (Wildman–Crippen LogP) is 4.53. The molecule has 0 spiro atoms. The number of allylic oxidation sites excluding steroid dienone is 1. The summed E-state index contributed by atoms with van der Waals surface area (Å²) in [5, 5.41) is 15.8. The van der Waals surface area contributed by atoms with Crippen molar-refractivity contribution in [2.75, 3.05) is 5.32 Å². The largest absolute Gasteiger partial charge is 0.458 e. The Bertz CT molecular complexity index is 1740. The summed E-state index contributed by atoms with van der Waals surface area (Å²) in [6.07, 6.45) is 4.91. The second-order valence-corrected chi connectivity index (χ2v) is 10.3. The average Bonchev–Trinajstić information content (AvgIpc) is 3.31. The number of carbonyl (C=O) groups excluding carboxylic acids is 1. The van der Waals surface area contributed by atoms with Crippen LogP contribution in [0.25, 0.3) is 22.2 Å². The molecule has 1 atom stereocenters. The number of benzene rings is 2. The molecule has 3 aliphatic heterocycles. The number of hydrogen-bond donors (Lipinski definition) is 2. The standard InChI is InChI=1S/C31H27N3O4/c1-2-31(37)22-14-25-28-20(16-34(25)29(35)21(22)17-38-30(31)36)26-19(11-6-10-18-8-4-3-5-9-18)15-32-23-12-7-13-24(33-28)27(23)26/h3-5,7-9,12-15,33,37H,2,6,10-11,16-17H2,1H3/t31-/m0/s1. The average molecular weight is 506 g/mol. The highest BCUT2D eigenvalue weighted by Gasteiger charge is 2.45. The third-order valence-electron chi connectivity index (χ3n) is 8.21. The number of esters is 1. The molecule has 0 saturated heterocycles. The normalized spacial score (nSPS) is 19.1. The topological polar surface area (TPSA) is 93.5 Å². The highest BCUT2D eigenvalue weighted by molar-refractivity contribution is 6.14. The lowest BCUT2D eigenvalue weighted by Gasteiger charge is -2.32. The molecular formula is C31H27N3O4. The first-order valence-corrected chi connectivity index (χ1v) is 13.1. The molecule has 3 aliphatic rings. The van der Waals surface area contributed by atoms with Crippen LogP contribution in [0.3, 0.4) is 0 Å². The van der Waals surface area contributed by atoms with Crippen molar-refractivity contribution >= 4 is 33.8 Å². The highest BCUT2D eigenvalue weighted by Crippen LogP contribution is 2.46. The SMILES string of the molecule is CC[C@@]1(O)C(=O)OCc2c1cc1n(c2=O)CC2=C1Nc1cccc3ncc(CCCc4ccccc4)c2c13. The van der Waals surface area contributed by atoms with E-state index in [0.29, 0.717) is 23.4 Å². The van der Waals surface area contributed by atoms with E-state index >= 15 is 0 Å². The van der Waals surface area contributed by atoms with Crippen molar-refractivity contribution in [2.24, 2.45) is 0 Å². The highest BCUT2D eigenvalue weighted by atomic mass is 16.6. The summed E-state index contributed by atoms with van der Waals surface area (Å²) in [6.45, 7) is 2.00. The third kappa shape index (κ3) is 3.21. The lowest BCUT2D eigenvalue weighted by atomic mass is 9.85. The Morgan fingerprint density at radius 2 is 1.95 bits per heavy atom. The van der Waals surface area contributed by atoms with Crippen LogP contribution < -0.4 is 10.9 Å². The van der Waals surface area contributed by atoms with Crippen molar-refractivity contribution in [2.45, 2.75) is 51.4 Å². The summed E-state index contributed by atoms with van der Waals surface area (Å²) in [5.74, 6) is -0.706. The van der Waals surface area contributed by atoms with Gasteiger partial charge in [0.1, 0.15) is 6.61 Å². The number of nitrogens with one attached hydrogen (secondary N) is 1. The van der Waals surface area contributed by atoms with Gasteiger partial charge in [-0.15, -0.1) is 0 Å². The minimum atomic E-state index is -1.83. The molecule has 7 heteroatoms. The van der Waals surface area contributed by atoms with Gasteiger partial charge in [0, 0.05) is 28.4 Å². The first kappa shape index (κ1) is 22.9. The van der Waals surface area contributed by atoms with Crippen molar-refractivity contribution in [3.8, 4) is 0 Å². The first-order valence-electron chi connectivity index (χ1n) is 13.1. The van der Waals surface area contributed by atoms with Gasteiger partial charge in [-0.05, 0) is 60.6 Å². The maximum absolute atomic E-state index is 13.7. The van der Waals surface area contributed by atoms with Gasteiger partial charge in [0.05, 0.1) is 29.0 Å². The van der Waals surface area contributed by atoms with Gasteiger partial charge in [-0.1, -0.05) is 43.3 Å². The molecule has 2 aromatic carbocycles. The molecule has 4 aromatic rings. The number of hydrogen-bond acceptors (Lipinski definition) is 6. The van der Waals surface area contributed by atoms with Crippen molar-refractivity contribution in [1.29, 1.82) is 0 Å². The summed E-state index contributed by atoms with van der Waals surface area (Å²) >= 11 is 0. The molecule has 0 bridgehead atoms. The van der Waals surface area contributed by atoms with E-state index in [1.165, 1.54) is 5.56 Å². The lowest BCUT2D eigenvalue weighted by molar-refractivity contribution is -0.172. The van der Waals surface area contributed by atoms with Crippen LogP contribution in [0.15, 0.2) is 65.6 Å². The predicted molar refractivity (Wildman–Crippen MR) is 145 cm³/mol. The molecule has 2 aromatic heterocycles. The number of fused-ring (bicyclic) bond motifs is 4. The molecule has 38 heavy (non-hydrogen) atoms. The van der Waals surface area contributed by atoms with Gasteiger partial charge in [0.2, 0.25) is 0 Å².